The average molecular weight is 545 g/mol. The van der Waals surface area contributed by atoms with Crippen molar-refractivity contribution in [2.24, 2.45) is 0 Å². The molecule has 0 bridgehead atoms. The van der Waals surface area contributed by atoms with Gasteiger partial charge in [-0.1, -0.05) is 127 Å². The summed E-state index contributed by atoms with van der Waals surface area (Å²) in [5.41, 5.74) is 7.35. The third-order valence-electron chi connectivity index (χ3n) is 9.41. The zero-order chi connectivity index (χ0) is 28.1. The summed E-state index contributed by atoms with van der Waals surface area (Å²) in [6.45, 7) is 0. The summed E-state index contributed by atoms with van der Waals surface area (Å²) in [7, 11) is 0. The van der Waals surface area contributed by atoms with Gasteiger partial charge in [-0.25, -0.2) is 0 Å². The SMILES string of the molecule is c1ccc2c(c1)Oc1ccc(-c3cccc4cc(-c5ccc6ccc7cccc8ccc5c6c78)ccc34)c3cccc-2c13. The van der Waals surface area contributed by atoms with Gasteiger partial charge in [0, 0.05) is 10.9 Å². The van der Waals surface area contributed by atoms with Crippen molar-refractivity contribution in [3.05, 3.63) is 146 Å². The molecule has 9 aromatic rings. The molecule has 0 unspecified atom stereocenters. The molecular formula is C42H24O. The molecule has 0 spiro atoms. The van der Waals surface area contributed by atoms with Crippen molar-refractivity contribution in [1.29, 1.82) is 0 Å². The van der Waals surface area contributed by atoms with Gasteiger partial charge in [-0.2, -0.15) is 0 Å². The van der Waals surface area contributed by atoms with Crippen molar-refractivity contribution < 1.29 is 4.74 Å². The third-order valence-corrected chi connectivity index (χ3v) is 9.41. The summed E-state index contributed by atoms with van der Waals surface area (Å²) in [5.74, 6) is 1.84. The monoisotopic (exact) mass is 544 g/mol. The summed E-state index contributed by atoms with van der Waals surface area (Å²) < 4.78 is 6.37. The highest BCUT2D eigenvalue weighted by Gasteiger charge is 2.21. The first-order chi connectivity index (χ1) is 21.3. The number of fused-ring (bicyclic) bond motifs is 3. The van der Waals surface area contributed by atoms with Gasteiger partial charge in [0.15, 0.2) is 0 Å². The fourth-order valence-electron chi connectivity index (χ4n) is 7.49. The summed E-state index contributed by atoms with van der Waals surface area (Å²) in [6, 6.07) is 53.1. The topological polar surface area (TPSA) is 9.23 Å². The number of para-hydroxylation sites is 1. The van der Waals surface area contributed by atoms with E-state index in [1.165, 1.54) is 81.7 Å². The van der Waals surface area contributed by atoms with E-state index in [4.69, 9.17) is 4.74 Å². The number of ether oxygens (including phenoxy) is 1. The van der Waals surface area contributed by atoms with Crippen LogP contribution in [0.3, 0.4) is 0 Å². The molecule has 1 aliphatic heterocycles. The minimum absolute atomic E-state index is 0.916. The standard InChI is InChI=1S/C42H24O/c1-2-13-38-34(9-1)36-12-5-11-35-33(22-23-39(43-38)42(35)36)32-10-4-8-28-24-29(18-20-30(28)32)31-19-16-27-15-14-25-6-3-7-26-17-21-37(31)41(27)40(25)26/h1-24H. The Kier molecular flexibility index (Phi) is 4.51. The molecule has 10 rings (SSSR count). The summed E-state index contributed by atoms with van der Waals surface area (Å²) in [6.07, 6.45) is 0. The molecule has 0 radical (unpaired) electrons. The minimum atomic E-state index is 0.916. The second kappa shape index (κ2) is 8.44. The molecule has 0 saturated heterocycles. The Labute approximate surface area is 248 Å². The lowest BCUT2D eigenvalue weighted by atomic mass is 9.87. The van der Waals surface area contributed by atoms with Gasteiger partial charge in [-0.3, -0.25) is 0 Å². The van der Waals surface area contributed by atoms with Crippen molar-refractivity contribution >= 4 is 53.9 Å². The first-order valence-electron chi connectivity index (χ1n) is 14.8. The van der Waals surface area contributed by atoms with Crippen LogP contribution in [0.25, 0.3) is 87.2 Å². The highest BCUT2D eigenvalue weighted by atomic mass is 16.5. The number of rotatable bonds is 2. The fourth-order valence-corrected chi connectivity index (χ4v) is 7.49. The maximum atomic E-state index is 6.37. The van der Waals surface area contributed by atoms with E-state index in [1.807, 2.05) is 12.1 Å². The molecule has 43 heavy (non-hydrogen) atoms. The maximum Gasteiger partial charge on any atom is 0.135 e. The smallest absolute Gasteiger partial charge is 0.135 e. The van der Waals surface area contributed by atoms with Gasteiger partial charge in [0.1, 0.15) is 11.5 Å². The van der Waals surface area contributed by atoms with Crippen LogP contribution in [0.1, 0.15) is 0 Å². The summed E-state index contributed by atoms with van der Waals surface area (Å²) in [4.78, 5) is 0. The van der Waals surface area contributed by atoms with Crippen LogP contribution < -0.4 is 4.74 Å². The van der Waals surface area contributed by atoms with Crippen LogP contribution in [-0.2, 0) is 0 Å². The molecule has 0 fully saturated rings. The quantitative estimate of drug-likeness (QED) is 0.197. The summed E-state index contributed by atoms with van der Waals surface area (Å²) >= 11 is 0. The number of hydrogen-bond donors (Lipinski definition) is 0. The molecule has 0 atom stereocenters. The average Bonchev–Trinajstić information content (AvgIpc) is 3.07. The molecule has 0 saturated carbocycles. The maximum absolute atomic E-state index is 6.37. The van der Waals surface area contributed by atoms with Crippen molar-refractivity contribution in [3.63, 3.8) is 0 Å². The number of hydrogen-bond acceptors (Lipinski definition) is 1. The minimum Gasteiger partial charge on any atom is -0.456 e. The predicted molar refractivity (Wildman–Crippen MR) is 182 cm³/mol. The van der Waals surface area contributed by atoms with E-state index in [9.17, 15) is 0 Å². The van der Waals surface area contributed by atoms with Crippen LogP contribution in [0, 0.1) is 0 Å². The van der Waals surface area contributed by atoms with Gasteiger partial charge < -0.3 is 4.74 Å². The Morgan fingerprint density at radius 3 is 1.86 bits per heavy atom. The van der Waals surface area contributed by atoms with Crippen molar-refractivity contribution in [2.45, 2.75) is 0 Å². The number of benzene rings is 9. The second-order valence-corrected chi connectivity index (χ2v) is 11.6. The van der Waals surface area contributed by atoms with Crippen LogP contribution in [0.15, 0.2) is 146 Å². The largest absolute Gasteiger partial charge is 0.456 e. The van der Waals surface area contributed by atoms with Gasteiger partial charge in [0.2, 0.25) is 0 Å². The zero-order valence-corrected chi connectivity index (χ0v) is 23.3. The Bertz CT molecular complexity index is 2570. The van der Waals surface area contributed by atoms with Crippen LogP contribution in [0.4, 0.5) is 0 Å². The van der Waals surface area contributed by atoms with E-state index in [-0.39, 0.29) is 0 Å². The Hall–Kier alpha value is -5.66. The molecule has 0 amide bonds. The van der Waals surface area contributed by atoms with Gasteiger partial charge in [-0.15, -0.1) is 0 Å². The molecule has 9 aromatic carbocycles. The highest BCUT2D eigenvalue weighted by Crippen LogP contribution is 2.49. The van der Waals surface area contributed by atoms with Crippen molar-refractivity contribution in [3.8, 4) is 44.9 Å². The normalized spacial score (nSPS) is 12.4. The Morgan fingerprint density at radius 2 is 0.930 bits per heavy atom. The van der Waals surface area contributed by atoms with E-state index in [2.05, 4.69) is 133 Å². The van der Waals surface area contributed by atoms with E-state index in [0.717, 1.165) is 17.1 Å². The summed E-state index contributed by atoms with van der Waals surface area (Å²) in [5, 5.41) is 12.8. The Balaban J connectivity index is 1.17. The van der Waals surface area contributed by atoms with Crippen molar-refractivity contribution in [2.75, 3.05) is 0 Å². The molecule has 1 heteroatoms. The lowest BCUT2D eigenvalue weighted by molar-refractivity contribution is 0.487. The third kappa shape index (κ3) is 3.17. The molecule has 0 aliphatic carbocycles. The molecule has 0 aromatic heterocycles. The van der Waals surface area contributed by atoms with Crippen LogP contribution in [-0.4, -0.2) is 0 Å². The zero-order valence-electron chi connectivity index (χ0n) is 23.3. The van der Waals surface area contributed by atoms with Crippen LogP contribution >= 0.6 is 0 Å². The van der Waals surface area contributed by atoms with E-state index < -0.39 is 0 Å². The van der Waals surface area contributed by atoms with Gasteiger partial charge in [-0.05, 0) is 94.5 Å². The second-order valence-electron chi connectivity index (χ2n) is 11.6. The van der Waals surface area contributed by atoms with Gasteiger partial charge in [0.25, 0.3) is 0 Å². The lowest BCUT2D eigenvalue weighted by Gasteiger charge is -2.22. The molecular weight excluding hydrogens is 520 g/mol. The van der Waals surface area contributed by atoms with Crippen LogP contribution in [0.2, 0.25) is 0 Å². The van der Waals surface area contributed by atoms with Crippen molar-refractivity contribution in [1.82, 2.24) is 0 Å². The van der Waals surface area contributed by atoms with E-state index >= 15 is 0 Å². The Morgan fingerprint density at radius 1 is 0.302 bits per heavy atom. The molecule has 0 N–H and O–H groups in total. The van der Waals surface area contributed by atoms with E-state index in [1.54, 1.807) is 0 Å². The molecule has 198 valence electrons. The molecule has 1 aliphatic rings. The van der Waals surface area contributed by atoms with Crippen LogP contribution in [0.5, 0.6) is 11.5 Å². The van der Waals surface area contributed by atoms with E-state index in [0.29, 0.717) is 0 Å². The highest BCUT2D eigenvalue weighted by molar-refractivity contribution is 6.25. The molecule has 1 nitrogen and oxygen atoms in total. The van der Waals surface area contributed by atoms with Gasteiger partial charge >= 0.3 is 0 Å². The predicted octanol–water partition coefficient (Wildman–Crippen LogP) is 12.0. The first-order valence-corrected chi connectivity index (χ1v) is 14.8. The first kappa shape index (κ1) is 23.0. The fraction of sp³-hybridized carbons (Fsp3) is 0. The molecule has 1 heterocycles. The lowest BCUT2D eigenvalue weighted by Crippen LogP contribution is -1.97. The van der Waals surface area contributed by atoms with Gasteiger partial charge in [0.05, 0.1) is 0 Å².